The van der Waals surface area contributed by atoms with Crippen LogP contribution in [0.2, 0.25) is 0 Å². The highest BCUT2D eigenvalue weighted by atomic mass is 16.2. The van der Waals surface area contributed by atoms with Gasteiger partial charge in [-0.15, -0.1) is 0 Å². The highest BCUT2D eigenvalue weighted by Crippen LogP contribution is 2.12. The van der Waals surface area contributed by atoms with E-state index in [1.165, 1.54) is 0 Å². The van der Waals surface area contributed by atoms with Crippen molar-refractivity contribution in [2.24, 2.45) is 0 Å². The van der Waals surface area contributed by atoms with Crippen LogP contribution in [0.1, 0.15) is 6.92 Å². The van der Waals surface area contributed by atoms with Gasteiger partial charge < -0.3 is 15.5 Å². The molecule has 0 aromatic carbocycles. The van der Waals surface area contributed by atoms with Gasteiger partial charge in [0, 0.05) is 31.8 Å². The lowest BCUT2D eigenvalue weighted by Crippen LogP contribution is -2.50. The number of rotatable bonds is 1. The second kappa shape index (κ2) is 4.02. The fourth-order valence-electron chi connectivity index (χ4n) is 1.72. The summed E-state index contributed by atoms with van der Waals surface area (Å²) in [6, 6.07) is 0. The van der Waals surface area contributed by atoms with Gasteiger partial charge in [-0.3, -0.25) is 9.59 Å². The number of hydrogen-bond acceptors (Lipinski definition) is 3. The first-order valence-electron chi connectivity index (χ1n) is 5.14. The van der Waals surface area contributed by atoms with Crippen LogP contribution in [0.25, 0.3) is 0 Å². The topological polar surface area (TPSA) is 61.4 Å². The van der Waals surface area contributed by atoms with Crippen LogP contribution in [-0.2, 0) is 9.59 Å². The Labute approximate surface area is 88.5 Å². The molecule has 2 amide bonds. The standard InChI is InChI=1S/C10H15N3O2/c1-7(8-4-11-5-8)10(15)13-3-2-12-9(14)6-13/h11H,2-6H2,1H3,(H,12,14). The van der Waals surface area contributed by atoms with Crippen molar-refractivity contribution in [3.05, 3.63) is 11.1 Å². The van der Waals surface area contributed by atoms with Gasteiger partial charge in [-0.25, -0.2) is 0 Å². The zero-order chi connectivity index (χ0) is 10.8. The van der Waals surface area contributed by atoms with Crippen LogP contribution in [-0.4, -0.2) is 49.4 Å². The second-order valence-electron chi connectivity index (χ2n) is 3.91. The van der Waals surface area contributed by atoms with Crippen molar-refractivity contribution in [2.45, 2.75) is 6.92 Å². The van der Waals surface area contributed by atoms with E-state index in [4.69, 9.17) is 0 Å². The van der Waals surface area contributed by atoms with Gasteiger partial charge >= 0.3 is 0 Å². The van der Waals surface area contributed by atoms with Gasteiger partial charge in [0.15, 0.2) is 0 Å². The van der Waals surface area contributed by atoms with E-state index in [0.29, 0.717) is 13.1 Å². The van der Waals surface area contributed by atoms with Crippen molar-refractivity contribution >= 4 is 11.8 Å². The van der Waals surface area contributed by atoms with Crippen LogP contribution in [0.3, 0.4) is 0 Å². The van der Waals surface area contributed by atoms with E-state index in [9.17, 15) is 9.59 Å². The minimum absolute atomic E-state index is 0.00125. The predicted octanol–water partition coefficient (Wildman–Crippen LogP) is -1.14. The van der Waals surface area contributed by atoms with E-state index in [0.717, 1.165) is 24.2 Å². The maximum absolute atomic E-state index is 11.9. The van der Waals surface area contributed by atoms with Gasteiger partial charge in [0.1, 0.15) is 0 Å². The number of hydrogen-bond donors (Lipinski definition) is 2. The summed E-state index contributed by atoms with van der Waals surface area (Å²) in [5, 5.41) is 5.80. The molecule has 0 aromatic heterocycles. The first-order valence-corrected chi connectivity index (χ1v) is 5.14. The largest absolute Gasteiger partial charge is 0.353 e. The maximum atomic E-state index is 11.9. The van der Waals surface area contributed by atoms with E-state index in [1.807, 2.05) is 6.92 Å². The van der Waals surface area contributed by atoms with E-state index < -0.39 is 0 Å². The number of piperazine rings is 1. The van der Waals surface area contributed by atoms with E-state index >= 15 is 0 Å². The van der Waals surface area contributed by atoms with Crippen LogP contribution in [0, 0.1) is 0 Å². The molecule has 2 heterocycles. The molecule has 0 bridgehead atoms. The first kappa shape index (κ1) is 10.2. The smallest absolute Gasteiger partial charge is 0.250 e. The molecule has 5 heteroatoms. The first-order chi connectivity index (χ1) is 7.18. The fourth-order valence-corrected chi connectivity index (χ4v) is 1.72. The molecular weight excluding hydrogens is 194 g/mol. The van der Waals surface area contributed by atoms with Crippen LogP contribution < -0.4 is 10.6 Å². The summed E-state index contributed by atoms with van der Waals surface area (Å²) < 4.78 is 0. The molecule has 82 valence electrons. The average Bonchev–Trinajstić information content (AvgIpc) is 2.14. The van der Waals surface area contributed by atoms with Crippen molar-refractivity contribution in [3.8, 4) is 0 Å². The van der Waals surface area contributed by atoms with E-state index in [2.05, 4.69) is 10.6 Å². The molecular formula is C10H15N3O2. The minimum Gasteiger partial charge on any atom is -0.353 e. The fraction of sp³-hybridized carbons (Fsp3) is 0.600. The molecule has 2 saturated heterocycles. The zero-order valence-electron chi connectivity index (χ0n) is 8.80. The molecule has 2 aliphatic heterocycles. The van der Waals surface area contributed by atoms with Gasteiger partial charge in [0.05, 0.1) is 6.54 Å². The predicted molar refractivity (Wildman–Crippen MR) is 55.2 cm³/mol. The van der Waals surface area contributed by atoms with Crippen molar-refractivity contribution in [1.82, 2.24) is 15.5 Å². The molecule has 5 nitrogen and oxygen atoms in total. The Bertz CT molecular complexity index is 330. The average molecular weight is 209 g/mol. The Morgan fingerprint density at radius 1 is 1.40 bits per heavy atom. The summed E-state index contributed by atoms with van der Waals surface area (Å²) in [6.07, 6.45) is 0. The summed E-state index contributed by atoms with van der Waals surface area (Å²) in [5.74, 6) is -0.0690. The van der Waals surface area contributed by atoms with E-state index in [1.54, 1.807) is 4.90 Å². The molecule has 2 aliphatic rings. The van der Waals surface area contributed by atoms with Crippen LogP contribution in [0.4, 0.5) is 0 Å². The number of amides is 2. The summed E-state index contributed by atoms with van der Waals surface area (Å²) in [7, 11) is 0. The summed E-state index contributed by atoms with van der Waals surface area (Å²) >= 11 is 0. The lowest BCUT2D eigenvalue weighted by molar-refractivity contribution is -0.135. The highest BCUT2D eigenvalue weighted by Gasteiger charge is 2.24. The molecule has 15 heavy (non-hydrogen) atoms. The van der Waals surface area contributed by atoms with Gasteiger partial charge in [-0.2, -0.15) is 0 Å². The molecule has 0 atom stereocenters. The zero-order valence-corrected chi connectivity index (χ0v) is 8.80. The van der Waals surface area contributed by atoms with Gasteiger partial charge in [0.2, 0.25) is 11.8 Å². The molecule has 0 radical (unpaired) electrons. The normalized spacial score (nSPS) is 20.7. The quantitative estimate of drug-likeness (QED) is 0.537. The van der Waals surface area contributed by atoms with Crippen molar-refractivity contribution in [2.75, 3.05) is 32.7 Å². The number of carbonyl (C=O) groups is 2. The summed E-state index contributed by atoms with van der Waals surface area (Å²) in [5.41, 5.74) is 1.95. The molecule has 0 aromatic rings. The van der Waals surface area contributed by atoms with Gasteiger partial charge in [-0.1, -0.05) is 0 Å². The van der Waals surface area contributed by atoms with E-state index in [-0.39, 0.29) is 18.4 Å². The monoisotopic (exact) mass is 209 g/mol. The van der Waals surface area contributed by atoms with Gasteiger partial charge in [0.25, 0.3) is 0 Å². The third-order valence-electron chi connectivity index (χ3n) is 2.85. The lowest BCUT2D eigenvalue weighted by atomic mass is 10.0. The number of nitrogens with zero attached hydrogens (tertiary/aromatic N) is 1. The molecule has 2 fully saturated rings. The molecule has 0 saturated carbocycles. The van der Waals surface area contributed by atoms with Crippen LogP contribution in [0.15, 0.2) is 11.1 Å². The maximum Gasteiger partial charge on any atom is 0.250 e. The van der Waals surface area contributed by atoms with Crippen LogP contribution in [0.5, 0.6) is 0 Å². The highest BCUT2D eigenvalue weighted by molar-refractivity contribution is 5.96. The summed E-state index contributed by atoms with van der Waals surface area (Å²) in [6.45, 7) is 4.81. The number of nitrogens with one attached hydrogen (secondary N) is 2. The summed E-state index contributed by atoms with van der Waals surface area (Å²) in [4.78, 5) is 24.7. The van der Waals surface area contributed by atoms with Crippen molar-refractivity contribution < 1.29 is 9.59 Å². The van der Waals surface area contributed by atoms with Crippen molar-refractivity contribution in [3.63, 3.8) is 0 Å². The third kappa shape index (κ3) is 2.02. The lowest BCUT2D eigenvalue weighted by Gasteiger charge is -2.29. The Morgan fingerprint density at radius 3 is 2.67 bits per heavy atom. The molecule has 0 unspecified atom stereocenters. The molecule has 0 spiro atoms. The molecule has 2 rings (SSSR count). The minimum atomic E-state index is -0.0702. The van der Waals surface area contributed by atoms with Crippen molar-refractivity contribution in [1.29, 1.82) is 0 Å². The Hall–Kier alpha value is -1.36. The second-order valence-corrected chi connectivity index (χ2v) is 3.91. The van der Waals surface area contributed by atoms with Gasteiger partial charge in [-0.05, 0) is 12.5 Å². The third-order valence-corrected chi connectivity index (χ3v) is 2.85. The molecule has 0 aliphatic carbocycles. The number of carbonyl (C=O) groups excluding carboxylic acids is 2. The Morgan fingerprint density at radius 2 is 2.13 bits per heavy atom. The molecule has 2 N–H and O–H groups in total. The Kier molecular flexibility index (Phi) is 2.73. The Balaban J connectivity index is 2.03. The van der Waals surface area contributed by atoms with Crippen LogP contribution >= 0.6 is 0 Å². The SMILES string of the molecule is CC(C(=O)N1CCNC(=O)C1)=C1CNC1.